The Hall–Kier alpha value is -0.620. The van der Waals surface area contributed by atoms with Crippen LogP contribution in [0.15, 0.2) is 0 Å². The Labute approximate surface area is 110 Å². The molecule has 0 unspecified atom stereocenters. The van der Waals surface area contributed by atoms with E-state index in [1.807, 2.05) is 6.92 Å². The molecule has 1 N–H and O–H groups in total. The summed E-state index contributed by atoms with van der Waals surface area (Å²) in [5.41, 5.74) is 0. The minimum absolute atomic E-state index is 0.0254. The average Bonchev–Trinajstić information content (AvgIpc) is 2.25. The van der Waals surface area contributed by atoms with Gasteiger partial charge in [0.25, 0.3) is 0 Å². The van der Waals surface area contributed by atoms with Crippen molar-refractivity contribution >= 4 is 15.8 Å². The van der Waals surface area contributed by atoms with Gasteiger partial charge in [-0.15, -0.1) is 0 Å². The van der Waals surface area contributed by atoms with Crippen LogP contribution in [0.25, 0.3) is 0 Å². The van der Waals surface area contributed by atoms with Crippen molar-refractivity contribution in [3.05, 3.63) is 0 Å². The quantitative estimate of drug-likeness (QED) is 0.609. The number of sulfone groups is 1. The van der Waals surface area contributed by atoms with Gasteiger partial charge in [0.2, 0.25) is 0 Å². The number of hydrogen-bond donors (Lipinski definition) is 1. The molecule has 108 valence electrons. The topological polar surface area (TPSA) is 74.7 Å². The third kappa shape index (κ3) is 8.47. The maximum absolute atomic E-state index is 11.8. The second kappa shape index (κ2) is 8.48. The smallest absolute Gasteiger partial charge is 0.307 e. The molecule has 0 saturated heterocycles. The molecule has 0 aliphatic carbocycles. The lowest BCUT2D eigenvalue weighted by atomic mass is 10.0. The van der Waals surface area contributed by atoms with E-state index in [1.165, 1.54) is 0 Å². The molecule has 0 aromatic carbocycles. The Bertz CT molecular complexity index is 338. The molecule has 0 aromatic heterocycles. The SMILES string of the molecule is CCCCC[C@H](CS(=O)(=O)CCN(C)C)C(=O)O. The molecular weight excluding hydrogens is 254 g/mol. The van der Waals surface area contributed by atoms with Crippen molar-refractivity contribution in [2.45, 2.75) is 32.6 Å². The predicted molar refractivity (Wildman–Crippen MR) is 72.5 cm³/mol. The summed E-state index contributed by atoms with van der Waals surface area (Å²) >= 11 is 0. The van der Waals surface area contributed by atoms with E-state index in [1.54, 1.807) is 19.0 Å². The molecular formula is C12H25NO4S. The number of unbranched alkanes of at least 4 members (excludes halogenated alkanes) is 2. The van der Waals surface area contributed by atoms with Crippen LogP contribution < -0.4 is 0 Å². The van der Waals surface area contributed by atoms with Gasteiger partial charge in [-0.2, -0.15) is 0 Å². The van der Waals surface area contributed by atoms with Gasteiger partial charge in [-0.25, -0.2) is 8.42 Å². The Kier molecular flexibility index (Phi) is 8.18. The highest BCUT2D eigenvalue weighted by molar-refractivity contribution is 7.91. The number of carbonyl (C=O) groups is 1. The minimum atomic E-state index is -3.28. The lowest BCUT2D eigenvalue weighted by molar-refractivity contribution is -0.141. The highest BCUT2D eigenvalue weighted by Crippen LogP contribution is 2.13. The van der Waals surface area contributed by atoms with Crippen LogP contribution in [-0.4, -0.2) is 56.5 Å². The van der Waals surface area contributed by atoms with E-state index in [9.17, 15) is 13.2 Å². The molecule has 1 atom stereocenters. The lowest BCUT2D eigenvalue weighted by Crippen LogP contribution is -2.29. The number of rotatable bonds is 10. The van der Waals surface area contributed by atoms with E-state index < -0.39 is 21.7 Å². The van der Waals surface area contributed by atoms with Gasteiger partial charge in [0, 0.05) is 6.54 Å². The van der Waals surface area contributed by atoms with Crippen LogP contribution in [-0.2, 0) is 14.6 Å². The van der Waals surface area contributed by atoms with Crippen LogP contribution in [0, 0.1) is 5.92 Å². The van der Waals surface area contributed by atoms with Gasteiger partial charge in [-0.3, -0.25) is 4.79 Å². The molecule has 0 bridgehead atoms. The molecule has 0 heterocycles. The van der Waals surface area contributed by atoms with E-state index in [4.69, 9.17) is 5.11 Å². The first-order chi connectivity index (χ1) is 8.28. The van der Waals surface area contributed by atoms with Crippen LogP contribution >= 0.6 is 0 Å². The standard InChI is InChI=1S/C12H25NO4S/c1-4-5-6-7-11(12(14)15)10-18(16,17)9-8-13(2)3/h11H,4-10H2,1-3H3,(H,14,15)/t11-/m1/s1. The van der Waals surface area contributed by atoms with Gasteiger partial charge in [0.1, 0.15) is 0 Å². The molecule has 0 fully saturated rings. The van der Waals surface area contributed by atoms with Crippen LogP contribution in [0.3, 0.4) is 0 Å². The summed E-state index contributed by atoms with van der Waals surface area (Å²) in [6, 6.07) is 0. The van der Waals surface area contributed by atoms with E-state index in [2.05, 4.69) is 0 Å². The van der Waals surface area contributed by atoms with Crippen molar-refractivity contribution in [2.24, 2.45) is 5.92 Å². The molecule has 5 nitrogen and oxygen atoms in total. The molecule has 0 aliphatic heterocycles. The lowest BCUT2D eigenvalue weighted by Gasteiger charge is -2.14. The monoisotopic (exact) mass is 279 g/mol. The van der Waals surface area contributed by atoms with Crippen LogP contribution in [0.1, 0.15) is 32.6 Å². The Balaban J connectivity index is 4.34. The number of aliphatic carboxylic acids is 1. The van der Waals surface area contributed by atoms with Crippen molar-refractivity contribution in [1.29, 1.82) is 0 Å². The van der Waals surface area contributed by atoms with Crippen molar-refractivity contribution in [3.63, 3.8) is 0 Å². The maximum atomic E-state index is 11.8. The average molecular weight is 279 g/mol. The van der Waals surface area contributed by atoms with E-state index >= 15 is 0 Å². The van der Waals surface area contributed by atoms with Crippen LogP contribution in [0.2, 0.25) is 0 Å². The van der Waals surface area contributed by atoms with Gasteiger partial charge >= 0.3 is 5.97 Å². The summed E-state index contributed by atoms with van der Waals surface area (Å²) < 4.78 is 23.6. The summed E-state index contributed by atoms with van der Waals surface area (Å²) in [5, 5.41) is 9.04. The Morgan fingerprint density at radius 1 is 1.28 bits per heavy atom. The second-order valence-electron chi connectivity index (χ2n) is 4.95. The molecule has 18 heavy (non-hydrogen) atoms. The molecule has 0 aliphatic rings. The predicted octanol–water partition coefficient (Wildman–Crippen LogP) is 1.24. The fourth-order valence-electron chi connectivity index (χ4n) is 1.63. The van der Waals surface area contributed by atoms with E-state index in [0.29, 0.717) is 13.0 Å². The van der Waals surface area contributed by atoms with Gasteiger partial charge in [-0.1, -0.05) is 26.2 Å². The van der Waals surface area contributed by atoms with Gasteiger partial charge < -0.3 is 10.0 Å². The zero-order chi connectivity index (χ0) is 14.2. The number of carboxylic acid groups (broad SMARTS) is 1. The highest BCUT2D eigenvalue weighted by Gasteiger charge is 2.24. The molecule has 0 rings (SSSR count). The molecule has 0 saturated carbocycles. The molecule has 0 spiro atoms. The third-order valence-electron chi connectivity index (χ3n) is 2.81. The summed E-state index contributed by atoms with van der Waals surface area (Å²) in [5.74, 6) is -1.97. The number of hydrogen-bond acceptors (Lipinski definition) is 4. The zero-order valence-corrected chi connectivity index (χ0v) is 12.4. The first kappa shape index (κ1) is 17.4. The van der Waals surface area contributed by atoms with Crippen LogP contribution in [0.5, 0.6) is 0 Å². The number of nitrogens with zero attached hydrogens (tertiary/aromatic N) is 1. The van der Waals surface area contributed by atoms with E-state index in [0.717, 1.165) is 19.3 Å². The first-order valence-corrected chi connectivity index (χ1v) is 8.18. The third-order valence-corrected chi connectivity index (χ3v) is 4.52. The van der Waals surface area contributed by atoms with Gasteiger partial charge in [-0.05, 0) is 20.5 Å². The zero-order valence-electron chi connectivity index (χ0n) is 11.6. The van der Waals surface area contributed by atoms with Crippen molar-refractivity contribution in [3.8, 4) is 0 Å². The van der Waals surface area contributed by atoms with Crippen molar-refractivity contribution in [1.82, 2.24) is 4.90 Å². The molecule has 0 radical (unpaired) electrons. The fourth-order valence-corrected chi connectivity index (χ4v) is 3.36. The largest absolute Gasteiger partial charge is 0.481 e. The summed E-state index contributed by atoms with van der Waals surface area (Å²) in [4.78, 5) is 12.8. The fraction of sp³-hybridized carbons (Fsp3) is 0.917. The Morgan fingerprint density at radius 2 is 1.89 bits per heavy atom. The van der Waals surface area contributed by atoms with Gasteiger partial charge in [0.05, 0.1) is 17.4 Å². The van der Waals surface area contributed by atoms with Crippen molar-refractivity contribution in [2.75, 3.05) is 32.1 Å². The Morgan fingerprint density at radius 3 is 2.33 bits per heavy atom. The van der Waals surface area contributed by atoms with Crippen LogP contribution in [0.4, 0.5) is 0 Å². The summed E-state index contributed by atoms with van der Waals surface area (Å²) in [6.07, 6.45) is 3.17. The highest BCUT2D eigenvalue weighted by atomic mass is 32.2. The molecule has 0 aromatic rings. The maximum Gasteiger partial charge on any atom is 0.307 e. The second-order valence-corrected chi connectivity index (χ2v) is 7.18. The molecule has 0 amide bonds. The van der Waals surface area contributed by atoms with E-state index in [-0.39, 0.29) is 11.5 Å². The minimum Gasteiger partial charge on any atom is -0.481 e. The normalized spacial score (nSPS) is 13.8. The summed E-state index contributed by atoms with van der Waals surface area (Å²) in [7, 11) is 0.314. The molecule has 6 heteroatoms. The van der Waals surface area contributed by atoms with Gasteiger partial charge in [0.15, 0.2) is 9.84 Å². The number of carboxylic acids is 1. The first-order valence-electron chi connectivity index (χ1n) is 6.36. The summed E-state index contributed by atoms with van der Waals surface area (Å²) in [6.45, 7) is 2.47. The van der Waals surface area contributed by atoms with Crippen molar-refractivity contribution < 1.29 is 18.3 Å².